The van der Waals surface area contributed by atoms with Crippen molar-refractivity contribution in [3.63, 3.8) is 0 Å². The summed E-state index contributed by atoms with van der Waals surface area (Å²) in [5.41, 5.74) is 0.614. The fraction of sp³-hybridized carbons (Fsp3) is 0.579. The predicted molar refractivity (Wildman–Crippen MR) is 89.1 cm³/mol. The lowest BCUT2D eigenvalue weighted by Crippen LogP contribution is -2.20. The summed E-state index contributed by atoms with van der Waals surface area (Å²) in [6.45, 7) is 3.80. The van der Waals surface area contributed by atoms with Crippen molar-refractivity contribution in [1.29, 1.82) is 0 Å². The van der Waals surface area contributed by atoms with Gasteiger partial charge >= 0.3 is 5.97 Å². The van der Waals surface area contributed by atoms with Crippen LogP contribution >= 0.6 is 0 Å². The van der Waals surface area contributed by atoms with Crippen molar-refractivity contribution in [3.8, 4) is 5.75 Å². The molecule has 3 aliphatic rings. The van der Waals surface area contributed by atoms with Crippen LogP contribution in [-0.2, 0) is 4.79 Å². The number of carboxylic acid groups (broad SMARTS) is 1. The molecule has 5 nitrogen and oxygen atoms in total. The Morgan fingerprint density at radius 1 is 1.21 bits per heavy atom. The normalized spacial score (nSPS) is 32.5. The van der Waals surface area contributed by atoms with Crippen LogP contribution in [0.3, 0.4) is 0 Å². The molecule has 4 unspecified atom stereocenters. The maximum atomic E-state index is 12.7. The SMILES string of the molecule is CC(C)Oc1ccc(C(=O)O)cc1NC(=O)C1C2C3CCC(C3)C12. The molecule has 3 aliphatic carbocycles. The molecule has 0 radical (unpaired) electrons. The summed E-state index contributed by atoms with van der Waals surface area (Å²) < 4.78 is 5.72. The summed E-state index contributed by atoms with van der Waals surface area (Å²) in [7, 11) is 0. The molecule has 0 heterocycles. The van der Waals surface area contributed by atoms with E-state index in [0.717, 1.165) is 11.8 Å². The summed E-state index contributed by atoms with van der Waals surface area (Å²) in [5, 5.41) is 12.1. The van der Waals surface area contributed by atoms with Gasteiger partial charge in [0, 0.05) is 5.92 Å². The Morgan fingerprint density at radius 2 is 1.88 bits per heavy atom. The van der Waals surface area contributed by atoms with Gasteiger partial charge in [0.25, 0.3) is 0 Å². The molecule has 1 amide bonds. The first-order valence-corrected chi connectivity index (χ1v) is 8.80. The second-order valence-electron chi connectivity index (χ2n) is 7.69. The molecule has 0 spiro atoms. The second-order valence-corrected chi connectivity index (χ2v) is 7.69. The maximum Gasteiger partial charge on any atom is 0.335 e. The first-order chi connectivity index (χ1) is 11.5. The minimum Gasteiger partial charge on any atom is -0.489 e. The Hall–Kier alpha value is -2.04. The first kappa shape index (κ1) is 15.5. The van der Waals surface area contributed by atoms with E-state index in [9.17, 15) is 14.7 Å². The van der Waals surface area contributed by atoms with Crippen LogP contribution in [0.15, 0.2) is 18.2 Å². The Kier molecular flexibility index (Phi) is 3.55. The van der Waals surface area contributed by atoms with E-state index < -0.39 is 5.97 Å². The number of carbonyl (C=O) groups is 2. The molecule has 1 aromatic rings. The molecule has 2 N–H and O–H groups in total. The fourth-order valence-corrected chi connectivity index (χ4v) is 5.01. The maximum absolute atomic E-state index is 12.7. The molecule has 2 bridgehead atoms. The molecular weight excluding hydrogens is 306 g/mol. The third-order valence-corrected chi connectivity index (χ3v) is 5.89. The number of hydrogen-bond acceptors (Lipinski definition) is 3. The van der Waals surface area contributed by atoms with Crippen molar-refractivity contribution in [1.82, 2.24) is 0 Å². The van der Waals surface area contributed by atoms with E-state index in [1.807, 2.05) is 13.8 Å². The van der Waals surface area contributed by atoms with Crippen molar-refractivity contribution < 1.29 is 19.4 Å². The molecule has 0 aromatic heterocycles. The Labute approximate surface area is 141 Å². The first-order valence-electron chi connectivity index (χ1n) is 8.80. The number of amides is 1. The number of fused-ring (bicyclic) bond motifs is 5. The number of nitrogens with one attached hydrogen (secondary N) is 1. The lowest BCUT2D eigenvalue weighted by Gasteiger charge is -2.16. The molecule has 4 atom stereocenters. The van der Waals surface area contributed by atoms with Gasteiger partial charge in [0.2, 0.25) is 5.91 Å². The standard InChI is InChI=1S/C19H23NO4/c1-9(2)24-14-6-5-12(19(22)23)8-13(14)20-18(21)17-15-10-3-4-11(7-10)16(15)17/h5-6,8-11,15-17H,3-4,7H2,1-2H3,(H,20,21)(H,22,23). The summed E-state index contributed by atoms with van der Waals surface area (Å²) in [5.74, 6) is 2.22. The van der Waals surface area contributed by atoms with Gasteiger partial charge < -0.3 is 15.2 Å². The van der Waals surface area contributed by atoms with Gasteiger partial charge in [-0.25, -0.2) is 4.79 Å². The van der Waals surface area contributed by atoms with E-state index in [0.29, 0.717) is 23.3 Å². The number of rotatable bonds is 5. The average molecular weight is 329 g/mol. The third-order valence-electron chi connectivity index (χ3n) is 5.89. The van der Waals surface area contributed by atoms with Crippen LogP contribution in [0.5, 0.6) is 5.75 Å². The average Bonchev–Trinajstić information content (AvgIpc) is 2.97. The van der Waals surface area contributed by atoms with Gasteiger partial charge in [-0.2, -0.15) is 0 Å². The molecule has 1 aromatic carbocycles. The van der Waals surface area contributed by atoms with Gasteiger partial charge in [-0.05, 0) is 75.0 Å². The minimum atomic E-state index is -1.01. The molecule has 24 heavy (non-hydrogen) atoms. The van der Waals surface area contributed by atoms with Crippen LogP contribution < -0.4 is 10.1 Å². The van der Waals surface area contributed by atoms with E-state index in [1.54, 1.807) is 6.07 Å². The molecule has 3 saturated carbocycles. The van der Waals surface area contributed by atoms with E-state index in [-0.39, 0.29) is 23.5 Å². The van der Waals surface area contributed by atoms with Crippen LogP contribution in [0.4, 0.5) is 5.69 Å². The summed E-state index contributed by atoms with van der Waals surface area (Å²) >= 11 is 0. The number of hydrogen-bond donors (Lipinski definition) is 2. The lowest BCUT2D eigenvalue weighted by atomic mass is 10.0. The van der Waals surface area contributed by atoms with Crippen molar-refractivity contribution in [2.24, 2.45) is 29.6 Å². The largest absolute Gasteiger partial charge is 0.489 e. The van der Waals surface area contributed by atoms with Crippen LogP contribution in [0.1, 0.15) is 43.5 Å². The highest BCUT2D eigenvalue weighted by Crippen LogP contribution is 2.69. The summed E-state index contributed by atoms with van der Waals surface area (Å²) in [6, 6.07) is 4.61. The molecule has 4 rings (SSSR count). The lowest BCUT2D eigenvalue weighted by molar-refractivity contribution is -0.118. The van der Waals surface area contributed by atoms with Crippen molar-refractivity contribution in [2.75, 3.05) is 5.32 Å². The van der Waals surface area contributed by atoms with Gasteiger partial charge in [0.1, 0.15) is 5.75 Å². The van der Waals surface area contributed by atoms with Gasteiger partial charge in [-0.3, -0.25) is 4.79 Å². The number of aromatic carboxylic acids is 1. The zero-order valence-electron chi connectivity index (χ0n) is 14.0. The van der Waals surface area contributed by atoms with E-state index in [2.05, 4.69) is 5.32 Å². The second kappa shape index (κ2) is 5.50. The summed E-state index contributed by atoms with van der Waals surface area (Å²) in [4.78, 5) is 23.9. The Morgan fingerprint density at radius 3 is 2.46 bits per heavy atom. The highest BCUT2D eigenvalue weighted by Gasteiger charge is 2.67. The molecule has 3 fully saturated rings. The molecule has 0 aliphatic heterocycles. The van der Waals surface area contributed by atoms with Gasteiger partial charge in [-0.1, -0.05) is 0 Å². The molecular formula is C19H23NO4. The van der Waals surface area contributed by atoms with Crippen molar-refractivity contribution >= 4 is 17.6 Å². The van der Waals surface area contributed by atoms with Crippen LogP contribution in [0.2, 0.25) is 0 Å². The monoisotopic (exact) mass is 329 g/mol. The number of carboxylic acids is 1. The molecule has 5 heteroatoms. The minimum absolute atomic E-state index is 0.0257. The van der Waals surface area contributed by atoms with Crippen LogP contribution in [-0.4, -0.2) is 23.1 Å². The topological polar surface area (TPSA) is 75.6 Å². The van der Waals surface area contributed by atoms with Gasteiger partial charge in [0.05, 0.1) is 17.4 Å². The van der Waals surface area contributed by atoms with E-state index in [1.165, 1.54) is 31.4 Å². The smallest absolute Gasteiger partial charge is 0.335 e. The number of benzene rings is 1. The summed E-state index contributed by atoms with van der Waals surface area (Å²) in [6.07, 6.45) is 3.79. The quantitative estimate of drug-likeness (QED) is 0.868. The van der Waals surface area contributed by atoms with E-state index in [4.69, 9.17) is 4.74 Å². The fourth-order valence-electron chi connectivity index (χ4n) is 5.01. The van der Waals surface area contributed by atoms with Gasteiger partial charge in [-0.15, -0.1) is 0 Å². The predicted octanol–water partition coefficient (Wildman–Crippen LogP) is 3.40. The zero-order valence-corrected chi connectivity index (χ0v) is 14.0. The Balaban J connectivity index is 1.53. The van der Waals surface area contributed by atoms with Crippen molar-refractivity contribution in [3.05, 3.63) is 23.8 Å². The van der Waals surface area contributed by atoms with E-state index >= 15 is 0 Å². The van der Waals surface area contributed by atoms with Crippen LogP contribution in [0, 0.1) is 29.6 Å². The third kappa shape index (κ3) is 2.46. The number of anilines is 1. The Bertz CT molecular complexity index is 683. The van der Waals surface area contributed by atoms with Crippen molar-refractivity contribution in [2.45, 2.75) is 39.2 Å². The number of carbonyl (C=O) groups excluding carboxylic acids is 1. The molecule has 128 valence electrons. The zero-order chi connectivity index (χ0) is 17.0. The number of ether oxygens (including phenoxy) is 1. The van der Waals surface area contributed by atoms with Crippen LogP contribution in [0.25, 0.3) is 0 Å². The molecule has 0 saturated heterocycles. The highest BCUT2D eigenvalue weighted by molar-refractivity contribution is 5.98. The highest BCUT2D eigenvalue weighted by atomic mass is 16.5. The van der Waals surface area contributed by atoms with Gasteiger partial charge in [0.15, 0.2) is 0 Å².